The van der Waals surface area contributed by atoms with Crippen molar-refractivity contribution in [3.8, 4) is 0 Å². The molecule has 0 bridgehead atoms. The molecule has 0 amide bonds. The Hall–Kier alpha value is -0.830. The zero-order valence-electron chi connectivity index (χ0n) is 10.2. The number of hydrogen-bond donors (Lipinski definition) is 2. The molecule has 3 nitrogen and oxygen atoms in total. The van der Waals surface area contributed by atoms with Crippen molar-refractivity contribution < 1.29 is 9.90 Å². The molecule has 0 aromatic carbocycles. The maximum Gasteiger partial charge on any atom is 0.332 e. The summed E-state index contributed by atoms with van der Waals surface area (Å²) in [5.41, 5.74) is 0.250. The van der Waals surface area contributed by atoms with Crippen LogP contribution in [0.25, 0.3) is 0 Å². The molecule has 3 heteroatoms. The summed E-state index contributed by atoms with van der Waals surface area (Å²) in [7, 11) is 0. The fraction of sp³-hybridized carbons (Fsp3) is 0.769. The van der Waals surface area contributed by atoms with Gasteiger partial charge in [-0.1, -0.05) is 32.3 Å². The van der Waals surface area contributed by atoms with Crippen LogP contribution in [0.15, 0.2) is 12.2 Å². The molecular formula is C13H23NO2. The zero-order chi connectivity index (χ0) is 12.0. The molecule has 0 aromatic heterocycles. The van der Waals surface area contributed by atoms with E-state index in [4.69, 9.17) is 5.11 Å². The maximum atomic E-state index is 10.6. The van der Waals surface area contributed by atoms with E-state index in [0.717, 1.165) is 0 Å². The van der Waals surface area contributed by atoms with E-state index < -0.39 is 5.97 Å². The first kappa shape index (κ1) is 13.2. The third-order valence-electron chi connectivity index (χ3n) is 3.55. The SMILES string of the molecule is C=C(CN[C@H](C)C1CCCCCC1)C(=O)O. The zero-order valence-corrected chi connectivity index (χ0v) is 10.2. The summed E-state index contributed by atoms with van der Waals surface area (Å²) >= 11 is 0. The van der Waals surface area contributed by atoms with Crippen molar-refractivity contribution >= 4 is 5.97 Å². The number of rotatable bonds is 5. The topological polar surface area (TPSA) is 49.3 Å². The first-order chi connectivity index (χ1) is 7.61. The van der Waals surface area contributed by atoms with Gasteiger partial charge in [0.05, 0.1) is 0 Å². The molecule has 0 spiro atoms. The lowest BCUT2D eigenvalue weighted by molar-refractivity contribution is -0.132. The Morgan fingerprint density at radius 2 is 1.94 bits per heavy atom. The second-order valence-electron chi connectivity index (χ2n) is 4.83. The van der Waals surface area contributed by atoms with Gasteiger partial charge >= 0.3 is 5.97 Å². The van der Waals surface area contributed by atoms with Gasteiger partial charge in [0.25, 0.3) is 0 Å². The highest BCUT2D eigenvalue weighted by atomic mass is 16.4. The molecule has 16 heavy (non-hydrogen) atoms. The van der Waals surface area contributed by atoms with Crippen molar-refractivity contribution in [2.45, 2.75) is 51.5 Å². The summed E-state index contributed by atoms with van der Waals surface area (Å²) in [6, 6.07) is 0.397. The van der Waals surface area contributed by atoms with E-state index >= 15 is 0 Å². The minimum atomic E-state index is -0.902. The summed E-state index contributed by atoms with van der Waals surface area (Å²) in [5, 5.41) is 12.0. The summed E-state index contributed by atoms with van der Waals surface area (Å²) < 4.78 is 0. The third kappa shape index (κ3) is 4.35. The molecular weight excluding hydrogens is 202 g/mol. The van der Waals surface area contributed by atoms with Gasteiger partial charge in [0, 0.05) is 18.2 Å². The van der Waals surface area contributed by atoms with E-state index in [-0.39, 0.29) is 5.57 Å². The summed E-state index contributed by atoms with van der Waals surface area (Å²) in [4.78, 5) is 10.6. The van der Waals surface area contributed by atoms with Gasteiger partial charge in [0.2, 0.25) is 0 Å². The first-order valence-electron chi connectivity index (χ1n) is 6.25. The van der Waals surface area contributed by atoms with Crippen LogP contribution in [-0.2, 0) is 4.79 Å². The van der Waals surface area contributed by atoms with Gasteiger partial charge in [-0.2, -0.15) is 0 Å². The Labute approximate surface area is 97.9 Å². The second-order valence-corrected chi connectivity index (χ2v) is 4.83. The lowest BCUT2D eigenvalue weighted by atomic mass is 9.93. The summed E-state index contributed by atoms with van der Waals surface area (Å²) in [5.74, 6) is -0.204. The van der Waals surface area contributed by atoms with Crippen LogP contribution in [0.5, 0.6) is 0 Å². The van der Waals surface area contributed by atoms with Crippen LogP contribution in [0, 0.1) is 5.92 Å². The highest BCUT2D eigenvalue weighted by molar-refractivity contribution is 5.86. The third-order valence-corrected chi connectivity index (χ3v) is 3.55. The van der Waals surface area contributed by atoms with Crippen molar-refractivity contribution in [2.24, 2.45) is 5.92 Å². The van der Waals surface area contributed by atoms with Gasteiger partial charge in [-0.3, -0.25) is 0 Å². The van der Waals surface area contributed by atoms with Gasteiger partial charge in [0.1, 0.15) is 0 Å². The average molecular weight is 225 g/mol. The van der Waals surface area contributed by atoms with Gasteiger partial charge in [0.15, 0.2) is 0 Å². The molecule has 1 saturated carbocycles. The van der Waals surface area contributed by atoms with E-state index in [2.05, 4.69) is 18.8 Å². The van der Waals surface area contributed by atoms with E-state index in [1.807, 2.05) is 0 Å². The van der Waals surface area contributed by atoms with Crippen molar-refractivity contribution in [1.29, 1.82) is 0 Å². The lowest BCUT2D eigenvalue weighted by Crippen LogP contribution is -2.35. The molecule has 0 aliphatic heterocycles. The molecule has 0 heterocycles. The van der Waals surface area contributed by atoms with Crippen LogP contribution >= 0.6 is 0 Å². The van der Waals surface area contributed by atoms with Crippen molar-refractivity contribution in [3.63, 3.8) is 0 Å². The molecule has 0 saturated heterocycles. The molecule has 2 N–H and O–H groups in total. The molecule has 1 rings (SSSR count). The number of carboxylic acid groups (broad SMARTS) is 1. The minimum absolute atomic E-state index is 0.250. The van der Waals surface area contributed by atoms with Crippen LogP contribution in [0.2, 0.25) is 0 Å². The van der Waals surface area contributed by atoms with Crippen LogP contribution < -0.4 is 5.32 Å². The predicted molar refractivity (Wildman–Crippen MR) is 65.4 cm³/mol. The molecule has 1 aliphatic rings. The fourth-order valence-corrected chi connectivity index (χ4v) is 2.34. The standard InChI is InChI=1S/C13H23NO2/c1-10(13(15)16)9-14-11(2)12-7-5-3-4-6-8-12/h11-12,14H,1,3-9H2,2H3,(H,15,16)/t11-/m1/s1. The number of carbonyl (C=O) groups is 1. The largest absolute Gasteiger partial charge is 0.478 e. The first-order valence-corrected chi connectivity index (χ1v) is 6.25. The Balaban J connectivity index is 2.30. The molecule has 1 atom stereocenters. The number of aliphatic carboxylic acids is 1. The number of nitrogens with one attached hydrogen (secondary N) is 1. The van der Waals surface area contributed by atoms with E-state index in [0.29, 0.717) is 18.5 Å². The van der Waals surface area contributed by atoms with Crippen LogP contribution in [-0.4, -0.2) is 23.7 Å². The minimum Gasteiger partial charge on any atom is -0.478 e. The van der Waals surface area contributed by atoms with Crippen LogP contribution in [0.3, 0.4) is 0 Å². The maximum absolute atomic E-state index is 10.6. The average Bonchev–Trinajstić information content (AvgIpc) is 2.53. The molecule has 0 unspecified atom stereocenters. The Kier molecular flexibility index (Phi) is 5.53. The van der Waals surface area contributed by atoms with Gasteiger partial charge < -0.3 is 10.4 Å². The number of hydrogen-bond acceptors (Lipinski definition) is 2. The van der Waals surface area contributed by atoms with E-state index in [1.54, 1.807) is 0 Å². The molecule has 0 aromatic rings. The van der Waals surface area contributed by atoms with Crippen LogP contribution in [0.4, 0.5) is 0 Å². The highest BCUT2D eigenvalue weighted by Gasteiger charge is 2.19. The normalized spacial score (nSPS) is 20.1. The number of carboxylic acids is 1. The van der Waals surface area contributed by atoms with Crippen molar-refractivity contribution in [3.05, 3.63) is 12.2 Å². The van der Waals surface area contributed by atoms with Crippen LogP contribution in [0.1, 0.15) is 45.4 Å². The van der Waals surface area contributed by atoms with E-state index in [1.165, 1.54) is 38.5 Å². The Bertz CT molecular complexity index is 242. The second kappa shape index (κ2) is 6.69. The van der Waals surface area contributed by atoms with Crippen molar-refractivity contribution in [1.82, 2.24) is 5.32 Å². The quantitative estimate of drug-likeness (QED) is 0.558. The molecule has 1 fully saturated rings. The van der Waals surface area contributed by atoms with Gasteiger partial charge in [-0.15, -0.1) is 0 Å². The monoisotopic (exact) mass is 225 g/mol. The smallest absolute Gasteiger partial charge is 0.332 e. The Morgan fingerprint density at radius 1 is 1.38 bits per heavy atom. The highest BCUT2D eigenvalue weighted by Crippen LogP contribution is 2.25. The summed E-state index contributed by atoms with van der Waals surface area (Å²) in [6.07, 6.45) is 7.88. The summed E-state index contributed by atoms with van der Waals surface area (Å²) in [6.45, 7) is 6.08. The Morgan fingerprint density at radius 3 is 2.44 bits per heavy atom. The molecule has 92 valence electrons. The lowest BCUT2D eigenvalue weighted by Gasteiger charge is -2.23. The van der Waals surface area contributed by atoms with E-state index in [9.17, 15) is 4.79 Å². The van der Waals surface area contributed by atoms with Gasteiger partial charge in [-0.25, -0.2) is 4.79 Å². The predicted octanol–water partition coefficient (Wildman–Crippen LogP) is 2.58. The van der Waals surface area contributed by atoms with Crippen molar-refractivity contribution in [2.75, 3.05) is 6.54 Å². The fourth-order valence-electron chi connectivity index (χ4n) is 2.34. The molecule has 0 radical (unpaired) electrons. The molecule has 1 aliphatic carbocycles. The van der Waals surface area contributed by atoms with Gasteiger partial charge in [-0.05, 0) is 25.7 Å².